The van der Waals surface area contributed by atoms with E-state index in [1.165, 1.54) is 27.8 Å². The maximum Gasteiger partial charge on any atom is 0.0375 e. The molecule has 1 nitrogen and oxygen atoms in total. The number of aryl methyl sites for hydroxylation is 6. The number of aromatic nitrogens is 1. The van der Waals surface area contributed by atoms with Gasteiger partial charge in [0.15, 0.2) is 0 Å². The third kappa shape index (κ3) is 8.89. The minimum Gasteiger partial charge on any atom is -0.262 e. The van der Waals surface area contributed by atoms with Gasteiger partial charge in [-0.05, 0) is 59.2 Å². The lowest BCUT2D eigenvalue weighted by Gasteiger charge is -1.90. The molecule has 0 saturated carbocycles. The Labute approximate surface area is 147 Å². The lowest BCUT2D eigenvalue weighted by Crippen LogP contribution is -1.78. The Bertz CT molecular complexity index is 589. The van der Waals surface area contributed by atoms with Crippen LogP contribution in [0.25, 0.3) is 0 Å². The standard InChI is InChI=1S/2C8H10.C7H9N/c2*1-7-4-3-5-8(2)6-7;1-6-3-4-8-7(2)5-6/h2*3-6H,1-2H3;3-5H,1-2H3. The first-order chi connectivity index (χ1) is 11.4. The van der Waals surface area contributed by atoms with Gasteiger partial charge >= 0.3 is 0 Å². The fraction of sp³-hybridized carbons (Fsp3) is 0.261. The van der Waals surface area contributed by atoms with Crippen molar-refractivity contribution in [3.05, 3.63) is 100 Å². The Morgan fingerprint density at radius 2 is 0.875 bits per heavy atom. The average molecular weight is 319 g/mol. The van der Waals surface area contributed by atoms with Crippen molar-refractivity contribution in [1.82, 2.24) is 4.98 Å². The van der Waals surface area contributed by atoms with E-state index in [0.29, 0.717) is 0 Å². The first kappa shape index (κ1) is 19.6. The SMILES string of the molecule is Cc1cccc(C)c1.Cc1cccc(C)c1.Cc1ccnc(C)c1. The van der Waals surface area contributed by atoms with Crippen LogP contribution in [0.5, 0.6) is 0 Å². The van der Waals surface area contributed by atoms with Crippen molar-refractivity contribution in [1.29, 1.82) is 0 Å². The first-order valence-corrected chi connectivity index (χ1v) is 8.32. The van der Waals surface area contributed by atoms with Crippen LogP contribution in [0.3, 0.4) is 0 Å². The number of benzene rings is 2. The Kier molecular flexibility index (Phi) is 8.49. The number of rotatable bonds is 0. The third-order valence-electron chi connectivity index (χ3n) is 3.40. The molecule has 1 heterocycles. The normalized spacial score (nSPS) is 9.25. The Hall–Kier alpha value is -2.41. The van der Waals surface area contributed by atoms with Crippen molar-refractivity contribution in [3.8, 4) is 0 Å². The van der Waals surface area contributed by atoms with Gasteiger partial charge in [-0.25, -0.2) is 0 Å². The van der Waals surface area contributed by atoms with Gasteiger partial charge in [-0.3, -0.25) is 4.98 Å². The highest BCUT2D eigenvalue weighted by atomic mass is 14.6. The summed E-state index contributed by atoms with van der Waals surface area (Å²) in [5, 5.41) is 0. The lowest BCUT2D eigenvalue weighted by atomic mass is 10.2. The van der Waals surface area contributed by atoms with Gasteiger partial charge in [-0.15, -0.1) is 0 Å². The molecule has 126 valence electrons. The van der Waals surface area contributed by atoms with Crippen molar-refractivity contribution in [2.75, 3.05) is 0 Å². The molecule has 3 rings (SSSR count). The molecule has 0 fully saturated rings. The van der Waals surface area contributed by atoms with Crippen LogP contribution in [0.4, 0.5) is 0 Å². The molecule has 0 saturated heterocycles. The molecule has 0 aliphatic rings. The molecule has 24 heavy (non-hydrogen) atoms. The van der Waals surface area contributed by atoms with Crippen LogP contribution in [0.1, 0.15) is 33.5 Å². The number of pyridine rings is 1. The van der Waals surface area contributed by atoms with Gasteiger partial charge in [0, 0.05) is 11.9 Å². The van der Waals surface area contributed by atoms with E-state index in [1.807, 2.05) is 19.2 Å². The van der Waals surface area contributed by atoms with Gasteiger partial charge in [0.2, 0.25) is 0 Å². The van der Waals surface area contributed by atoms with Gasteiger partial charge in [0.05, 0.1) is 0 Å². The smallest absolute Gasteiger partial charge is 0.0375 e. The van der Waals surface area contributed by atoms with Gasteiger partial charge in [-0.1, -0.05) is 70.8 Å². The fourth-order valence-electron chi connectivity index (χ4n) is 2.30. The van der Waals surface area contributed by atoms with Crippen molar-refractivity contribution in [3.63, 3.8) is 0 Å². The summed E-state index contributed by atoms with van der Waals surface area (Å²) < 4.78 is 0. The number of hydrogen-bond acceptors (Lipinski definition) is 1. The summed E-state index contributed by atoms with van der Waals surface area (Å²) in [6.45, 7) is 12.5. The van der Waals surface area contributed by atoms with Gasteiger partial charge < -0.3 is 0 Å². The molecule has 0 unspecified atom stereocenters. The van der Waals surface area contributed by atoms with Crippen LogP contribution in [0.15, 0.2) is 66.9 Å². The van der Waals surface area contributed by atoms with Gasteiger partial charge in [0.25, 0.3) is 0 Å². The highest BCUT2D eigenvalue weighted by Crippen LogP contribution is 2.01. The topological polar surface area (TPSA) is 12.9 Å². The van der Waals surface area contributed by atoms with E-state index in [9.17, 15) is 0 Å². The zero-order valence-electron chi connectivity index (χ0n) is 15.8. The number of nitrogens with zero attached hydrogens (tertiary/aromatic N) is 1. The Morgan fingerprint density at radius 1 is 0.500 bits per heavy atom. The van der Waals surface area contributed by atoms with E-state index in [0.717, 1.165) is 5.69 Å². The monoisotopic (exact) mass is 319 g/mol. The molecule has 1 aromatic heterocycles. The summed E-state index contributed by atoms with van der Waals surface area (Å²) in [6, 6.07) is 20.9. The second kappa shape index (κ2) is 10.4. The largest absolute Gasteiger partial charge is 0.262 e. The van der Waals surface area contributed by atoms with Crippen LogP contribution >= 0.6 is 0 Å². The second-order valence-electron chi connectivity index (χ2n) is 6.29. The second-order valence-corrected chi connectivity index (χ2v) is 6.29. The summed E-state index contributed by atoms with van der Waals surface area (Å²) in [5.41, 5.74) is 7.72. The zero-order chi connectivity index (χ0) is 17.9. The molecule has 0 spiro atoms. The van der Waals surface area contributed by atoms with E-state index in [4.69, 9.17) is 0 Å². The molecule has 0 aliphatic carbocycles. The molecule has 0 radical (unpaired) electrons. The summed E-state index contributed by atoms with van der Waals surface area (Å²) in [7, 11) is 0. The van der Waals surface area contributed by atoms with E-state index >= 15 is 0 Å². The summed E-state index contributed by atoms with van der Waals surface area (Å²) in [4.78, 5) is 4.04. The highest BCUT2D eigenvalue weighted by molar-refractivity contribution is 5.21. The van der Waals surface area contributed by atoms with Crippen LogP contribution in [0.2, 0.25) is 0 Å². The number of hydrogen-bond donors (Lipinski definition) is 0. The maximum absolute atomic E-state index is 4.04. The van der Waals surface area contributed by atoms with E-state index in [2.05, 4.69) is 94.2 Å². The van der Waals surface area contributed by atoms with Crippen molar-refractivity contribution >= 4 is 0 Å². The molecule has 0 atom stereocenters. The van der Waals surface area contributed by atoms with Crippen molar-refractivity contribution in [2.24, 2.45) is 0 Å². The minimum atomic E-state index is 1.09. The molecule has 0 amide bonds. The lowest BCUT2D eigenvalue weighted by molar-refractivity contribution is 1.18. The fourth-order valence-corrected chi connectivity index (χ4v) is 2.30. The van der Waals surface area contributed by atoms with Crippen LogP contribution in [-0.4, -0.2) is 4.98 Å². The molecule has 2 aromatic carbocycles. The van der Waals surface area contributed by atoms with Crippen molar-refractivity contribution < 1.29 is 0 Å². The highest BCUT2D eigenvalue weighted by Gasteiger charge is 1.82. The quantitative estimate of drug-likeness (QED) is 0.473. The van der Waals surface area contributed by atoms with Gasteiger partial charge in [-0.2, -0.15) is 0 Å². The summed E-state index contributed by atoms with van der Waals surface area (Å²) >= 11 is 0. The molecule has 0 N–H and O–H groups in total. The third-order valence-corrected chi connectivity index (χ3v) is 3.40. The molecular weight excluding hydrogens is 290 g/mol. The van der Waals surface area contributed by atoms with Crippen LogP contribution in [-0.2, 0) is 0 Å². The molecule has 3 aromatic rings. The van der Waals surface area contributed by atoms with E-state index in [1.54, 1.807) is 0 Å². The first-order valence-electron chi connectivity index (χ1n) is 8.32. The predicted octanol–water partition coefficient (Wildman–Crippen LogP) is 6.31. The zero-order valence-corrected chi connectivity index (χ0v) is 15.8. The van der Waals surface area contributed by atoms with Crippen LogP contribution < -0.4 is 0 Å². The molecule has 0 bridgehead atoms. The van der Waals surface area contributed by atoms with Gasteiger partial charge in [0.1, 0.15) is 0 Å². The maximum atomic E-state index is 4.04. The minimum absolute atomic E-state index is 1.09. The molecular formula is C23H29N. The Balaban J connectivity index is 0.000000180. The van der Waals surface area contributed by atoms with E-state index < -0.39 is 0 Å². The average Bonchev–Trinajstić information content (AvgIpc) is 2.47. The summed E-state index contributed by atoms with van der Waals surface area (Å²) in [5.74, 6) is 0. The van der Waals surface area contributed by atoms with Crippen molar-refractivity contribution in [2.45, 2.75) is 41.5 Å². The summed E-state index contributed by atoms with van der Waals surface area (Å²) in [6.07, 6.45) is 1.82. The molecule has 0 aliphatic heterocycles. The predicted molar refractivity (Wildman–Crippen MR) is 106 cm³/mol. The van der Waals surface area contributed by atoms with E-state index in [-0.39, 0.29) is 0 Å². The Morgan fingerprint density at radius 3 is 1.08 bits per heavy atom. The molecule has 1 heteroatoms. The van der Waals surface area contributed by atoms with Crippen LogP contribution in [0, 0.1) is 41.5 Å².